The maximum Gasteiger partial charge on any atom is 0.160 e. The second kappa shape index (κ2) is 5.69. The van der Waals surface area contributed by atoms with Gasteiger partial charge in [-0.05, 0) is 32.4 Å². The number of rotatable bonds is 4. The number of nitrogens with one attached hydrogen (secondary N) is 1. The third-order valence-electron chi connectivity index (χ3n) is 3.22. The van der Waals surface area contributed by atoms with Crippen LogP contribution in [0.25, 0.3) is 0 Å². The van der Waals surface area contributed by atoms with E-state index in [9.17, 15) is 0 Å². The molecule has 0 aromatic carbocycles. The minimum Gasteiger partial charge on any atom is -0.356 e. The first-order valence-corrected chi connectivity index (χ1v) is 5.55. The van der Waals surface area contributed by atoms with Gasteiger partial charge in [0.2, 0.25) is 0 Å². The van der Waals surface area contributed by atoms with Crippen LogP contribution in [-0.4, -0.2) is 33.1 Å². The Kier molecular flexibility index (Phi) is 4.85. The van der Waals surface area contributed by atoms with Crippen LogP contribution in [0.3, 0.4) is 0 Å². The second-order valence-corrected chi connectivity index (χ2v) is 4.18. The fraction of sp³-hybridized carbons (Fsp3) is 1.00. The predicted molar refractivity (Wildman–Crippen MR) is 57.2 cm³/mol. The zero-order valence-corrected chi connectivity index (χ0v) is 9.75. The van der Waals surface area contributed by atoms with Gasteiger partial charge in [0.15, 0.2) is 6.29 Å². The molecule has 1 heterocycles. The molecule has 1 saturated heterocycles. The summed E-state index contributed by atoms with van der Waals surface area (Å²) in [5.41, 5.74) is 0. The summed E-state index contributed by atoms with van der Waals surface area (Å²) < 4.78 is 11.2. The van der Waals surface area contributed by atoms with Gasteiger partial charge in [-0.2, -0.15) is 0 Å². The van der Waals surface area contributed by atoms with Crippen molar-refractivity contribution >= 4 is 0 Å². The smallest absolute Gasteiger partial charge is 0.160 e. The minimum absolute atomic E-state index is 0.0213. The molecule has 0 radical (unpaired) electrons. The van der Waals surface area contributed by atoms with E-state index in [1.165, 1.54) is 0 Å². The number of hydrogen-bond donors (Lipinski definition) is 1. The normalized spacial score (nSPS) is 38.6. The summed E-state index contributed by atoms with van der Waals surface area (Å²) in [7, 11) is 3.74. The van der Waals surface area contributed by atoms with E-state index in [0.717, 1.165) is 19.4 Å². The minimum atomic E-state index is -0.0213. The quantitative estimate of drug-likeness (QED) is 0.750. The Labute approximate surface area is 87.2 Å². The van der Waals surface area contributed by atoms with Gasteiger partial charge in [0, 0.05) is 13.0 Å². The number of methoxy groups -OCH3 is 1. The van der Waals surface area contributed by atoms with Crippen LogP contribution in [0, 0.1) is 11.8 Å². The fourth-order valence-electron chi connectivity index (χ4n) is 2.21. The first kappa shape index (κ1) is 12.0. The molecule has 3 nitrogen and oxygen atoms in total. The summed E-state index contributed by atoms with van der Waals surface area (Å²) in [5, 5.41) is 3.25. The highest BCUT2D eigenvalue weighted by atomic mass is 16.7. The molecular formula is C11H23NO2. The highest BCUT2D eigenvalue weighted by molar-refractivity contribution is 4.79. The van der Waals surface area contributed by atoms with Gasteiger partial charge in [0.05, 0.1) is 6.10 Å². The van der Waals surface area contributed by atoms with Crippen molar-refractivity contribution in [1.29, 1.82) is 0 Å². The average Bonchev–Trinajstić information content (AvgIpc) is 2.21. The molecule has 1 aliphatic heterocycles. The number of ether oxygens (including phenoxy) is 2. The monoisotopic (exact) mass is 201 g/mol. The van der Waals surface area contributed by atoms with Gasteiger partial charge >= 0.3 is 0 Å². The van der Waals surface area contributed by atoms with Gasteiger partial charge in [0.25, 0.3) is 0 Å². The van der Waals surface area contributed by atoms with Gasteiger partial charge in [0.1, 0.15) is 0 Å². The van der Waals surface area contributed by atoms with Crippen LogP contribution in [0.2, 0.25) is 0 Å². The van der Waals surface area contributed by atoms with Crippen molar-refractivity contribution in [2.24, 2.45) is 11.8 Å². The van der Waals surface area contributed by atoms with E-state index in [1.807, 2.05) is 7.05 Å². The zero-order chi connectivity index (χ0) is 10.6. The second-order valence-electron chi connectivity index (χ2n) is 4.18. The van der Waals surface area contributed by atoms with Crippen molar-refractivity contribution in [3.63, 3.8) is 0 Å². The SMILES string of the molecule is CCC1C[C@H](CNC)C(C)[C@@H](OC)O1. The molecule has 0 amide bonds. The Morgan fingerprint density at radius 1 is 1.50 bits per heavy atom. The first-order chi connectivity index (χ1) is 6.72. The Morgan fingerprint density at radius 2 is 2.21 bits per heavy atom. The molecule has 0 aliphatic carbocycles. The summed E-state index contributed by atoms with van der Waals surface area (Å²) in [5.74, 6) is 1.15. The van der Waals surface area contributed by atoms with Crippen LogP contribution in [0.1, 0.15) is 26.7 Å². The lowest BCUT2D eigenvalue weighted by Gasteiger charge is -2.39. The largest absolute Gasteiger partial charge is 0.356 e. The molecule has 14 heavy (non-hydrogen) atoms. The van der Waals surface area contributed by atoms with Crippen molar-refractivity contribution in [2.75, 3.05) is 20.7 Å². The van der Waals surface area contributed by atoms with E-state index in [1.54, 1.807) is 7.11 Å². The Hall–Kier alpha value is -0.120. The zero-order valence-electron chi connectivity index (χ0n) is 9.75. The van der Waals surface area contributed by atoms with Crippen LogP contribution < -0.4 is 5.32 Å². The van der Waals surface area contributed by atoms with Gasteiger partial charge in [-0.3, -0.25) is 0 Å². The molecule has 84 valence electrons. The van der Waals surface area contributed by atoms with Gasteiger partial charge < -0.3 is 14.8 Å². The maximum absolute atomic E-state index is 5.82. The van der Waals surface area contributed by atoms with E-state index in [2.05, 4.69) is 19.2 Å². The molecule has 0 saturated carbocycles. The van der Waals surface area contributed by atoms with Crippen molar-refractivity contribution in [3.05, 3.63) is 0 Å². The van der Waals surface area contributed by atoms with E-state index in [4.69, 9.17) is 9.47 Å². The molecule has 0 aromatic heterocycles. The fourth-order valence-corrected chi connectivity index (χ4v) is 2.21. The van der Waals surface area contributed by atoms with Crippen LogP contribution in [0.5, 0.6) is 0 Å². The third-order valence-corrected chi connectivity index (χ3v) is 3.22. The molecule has 0 aromatic rings. The van der Waals surface area contributed by atoms with Crippen molar-refractivity contribution in [2.45, 2.75) is 39.1 Å². The molecule has 1 rings (SSSR count). The highest BCUT2D eigenvalue weighted by Gasteiger charge is 2.34. The summed E-state index contributed by atoms with van der Waals surface area (Å²) >= 11 is 0. The Morgan fingerprint density at radius 3 is 2.71 bits per heavy atom. The highest BCUT2D eigenvalue weighted by Crippen LogP contribution is 2.31. The summed E-state index contributed by atoms with van der Waals surface area (Å²) in [4.78, 5) is 0. The Bertz CT molecular complexity index is 163. The molecule has 3 heteroatoms. The lowest BCUT2D eigenvalue weighted by Crippen LogP contribution is -2.43. The standard InChI is InChI=1S/C11H23NO2/c1-5-10-6-9(7-12-3)8(2)11(13-4)14-10/h8-12H,5-7H2,1-4H3/t8?,9-,10?,11+/m1/s1. The van der Waals surface area contributed by atoms with Crippen LogP contribution in [-0.2, 0) is 9.47 Å². The van der Waals surface area contributed by atoms with Crippen molar-refractivity contribution in [3.8, 4) is 0 Å². The molecule has 0 spiro atoms. The van der Waals surface area contributed by atoms with E-state index >= 15 is 0 Å². The van der Waals surface area contributed by atoms with E-state index < -0.39 is 0 Å². The van der Waals surface area contributed by atoms with E-state index in [-0.39, 0.29) is 6.29 Å². The summed E-state index contributed by atoms with van der Waals surface area (Å²) in [6.45, 7) is 5.44. The van der Waals surface area contributed by atoms with Crippen LogP contribution in [0.15, 0.2) is 0 Å². The average molecular weight is 201 g/mol. The van der Waals surface area contributed by atoms with Gasteiger partial charge in [-0.15, -0.1) is 0 Å². The van der Waals surface area contributed by atoms with Crippen LogP contribution in [0.4, 0.5) is 0 Å². The van der Waals surface area contributed by atoms with Crippen molar-refractivity contribution < 1.29 is 9.47 Å². The van der Waals surface area contributed by atoms with E-state index in [0.29, 0.717) is 17.9 Å². The maximum atomic E-state index is 5.82. The molecule has 1 N–H and O–H groups in total. The Balaban J connectivity index is 2.55. The third kappa shape index (κ3) is 2.69. The van der Waals surface area contributed by atoms with Gasteiger partial charge in [-0.1, -0.05) is 13.8 Å². The van der Waals surface area contributed by atoms with Crippen molar-refractivity contribution in [1.82, 2.24) is 5.32 Å². The lowest BCUT2D eigenvalue weighted by molar-refractivity contribution is -0.221. The molecule has 1 aliphatic rings. The summed E-state index contributed by atoms with van der Waals surface area (Å²) in [6, 6.07) is 0. The molecule has 2 unspecified atom stereocenters. The molecule has 0 bridgehead atoms. The van der Waals surface area contributed by atoms with Crippen LogP contribution >= 0.6 is 0 Å². The first-order valence-electron chi connectivity index (χ1n) is 5.55. The molecular weight excluding hydrogens is 178 g/mol. The number of hydrogen-bond acceptors (Lipinski definition) is 3. The lowest BCUT2D eigenvalue weighted by atomic mass is 9.85. The van der Waals surface area contributed by atoms with Gasteiger partial charge in [-0.25, -0.2) is 0 Å². The molecule has 4 atom stereocenters. The molecule has 1 fully saturated rings. The predicted octanol–water partition coefficient (Wildman–Crippen LogP) is 1.63. The topological polar surface area (TPSA) is 30.5 Å². The summed E-state index contributed by atoms with van der Waals surface area (Å²) in [6.07, 6.45) is 2.58.